The van der Waals surface area contributed by atoms with Crippen LogP contribution < -0.4 is 10.1 Å². The normalized spacial score (nSPS) is 11.4. The van der Waals surface area contributed by atoms with E-state index in [4.69, 9.17) is 4.74 Å². The van der Waals surface area contributed by atoms with E-state index in [1.54, 1.807) is 24.3 Å². The van der Waals surface area contributed by atoms with Crippen LogP contribution in [0.4, 0.5) is 5.69 Å². The first-order valence-electron chi connectivity index (χ1n) is 8.38. The van der Waals surface area contributed by atoms with Crippen molar-refractivity contribution in [2.45, 2.75) is 13.3 Å². The third-order valence-electron chi connectivity index (χ3n) is 3.92. The van der Waals surface area contributed by atoms with E-state index < -0.39 is 22.7 Å². The van der Waals surface area contributed by atoms with Crippen molar-refractivity contribution in [2.24, 2.45) is 5.92 Å². The predicted molar refractivity (Wildman–Crippen MR) is 97.9 cm³/mol. The molecule has 8 heteroatoms. The number of carboxylic acid groups (broad SMARTS) is 1. The maximum Gasteiger partial charge on any atom is 0.308 e. The van der Waals surface area contributed by atoms with E-state index in [1.807, 2.05) is 6.92 Å². The third kappa shape index (κ3) is 5.81. The highest BCUT2D eigenvalue weighted by Gasteiger charge is 2.20. The summed E-state index contributed by atoms with van der Waals surface area (Å²) in [4.78, 5) is 33.7. The number of carbonyl (C=O) groups is 2. The number of amides is 1. The Kier molecular flexibility index (Phi) is 6.87. The minimum absolute atomic E-state index is 0.0572. The molecule has 0 bridgehead atoms. The number of hydrogen-bond acceptors (Lipinski definition) is 5. The lowest BCUT2D eigenvalue weighted by atomic mass is 9.99. The molecule has 27 heavy (non-hydrogen) atoms. The van der Waals surface area contributed by atoms with Crippen molar-refractivity contribution in [2.75, 3.05) is 13.2 Å². The van der Waals surface area contributed by atoms with Gasteiger partial charge in [0.2, 0.25) is 0 Å². The molecule has 0 saturated carbocycles. The standard InChI is InChI=1S/C19H20N2O6/c1-2-27-17-9-3-13(4-10-17)11-15(19(23)24)12-20-18(22)14-5-7-16(8-6-14)21(25)26/h3-10,15H,2,11-12H2,1H3,(H,20,22)(H,23,24). The Hall–Kier alpha value is -3.42. The Morgan fingerprint density at radius 3 is 2.30 bits per heavy atom. The monoisotopic (exact) mass is 372 g/mol. The number of aliphatic carboxylic acids is 1. The summed E-state index contributed by atoms with van der Waals surface area (Å²) in [6.45, 7) is 2.37. The van der Waals surface area contributed by atoms with Crippen molar-refractivity contribution in [1.29, 1.82) is 0 Å². The first-order valence-corrected chi connectivity index (χ1v) is 8.38. The number of non-ortho nitro benzene ring substituents is 1. The van der Waals surface area contributed by atoms with Gasteiger partial charge in [-0.3, -0.25) is 19.7 Å². The van der Waals surface area contributed by atoms with Crippen LogP contribution in [0.15, 0.2) is 48.5 Å². The molecule has 0 saturated heterocycles. The van der Waals surface area contributed by atoms with Crippen LogP contribution in [0, 0.1) is 16.0 Å². The van der Waals surface area contributed by atoms with Crippen LogP contribution in [0.3, 0.4) is 0 Å². The van der Waals surface area contributed by atoms with Gasteiger partial charge < -0.3 is 15.2 Å². The summed E-state index contributed by atoms with van der Waals surface area (Å²) in [5.74, 6) is -1.60. The molecular formula is C19H20N2O6. The fourth-order valence-electron chi connectivity index (χ4n) is 2.47. The van der Waals surface area contributed by atoms with Crippen molar-refractivity contribution in [3.63, 3.8) is 0 Å². The molecule has 1 atom stereocenters. The van der Waals surface area contributed by atoms with Crippen molar-refractivity contribution in [3.05, 3.63) is 69.8 Å². The zero-order valence-electron chi connectivity index (χ0n) is 14.8. The highest BCUT2D eigenvalue weighted by Crippen LogP contribution is 2.16. The fourth-order valence-corrected chi connectivity index (χ4v) is 2.47. The number of carbonyl (C=O) groups excluding carboxylic acids is 1. The van der Waals surface area contributed by atoms with Crippen molar-refractivity contribution >= 4 is 17.6 Å². The molecule has 0 aromatic heterocycles. The molecule has 0 aliphatic heterocycles. The van der Waals surface area contributed by atoms with Gasteiger partial charge in [0.25, 0.3) is 11.6 Å². The lowest BCUT2D eigenvalue weighted by molar-refractivity contribution is -0.384. The maximum absolute atomic E-state index is 12.1. The number of carboxylic acids is 1. The number of hydrogen-bond donors (Lipinski definition) is 2. The van der Waals surface area contributed by atoms with Crippen LogP contribution in [-0.4, -0.2) is 35.1 Å². The second-order valence-corrected chi connectivity index (χ2v) is 5.83. The number of nitrogens with zero attached hydrogens (tertiary/aromatic N) is 1. The Bertz CT molecular complexity index is 802. The van der Waals surface area contributed by atoms with Gasteiger partial charge in [0.05, 0.1) is 17.4 Å². The van der Waals surface area contributed by atoms with E-state index in [2.05, 4.69) is 5.32 Å². The number of benzene rings is 2. The topological polar surface area (TPSA) is 119 Å². The summed E-state index contributed by atoms with van der Waals surface area (Å²) in [5, 5.41) is 22.6. The van der Waals surface area contributed by atoms with E-state index in [0.717, 1.165) is 5.56 Å². The molecule has 8 nitrogen and oxygen atoms in total. The SMILES string of the molecule is CCOc1ccc(CC(CNC(=O)c2ccc([N+](=O)[O-])cc2)C(=O)O)cc1. The van der Waals surface area contributed by atoms with Crippen LogP contribution in [0.2, 0.25) is 0 Å². The average molecular weight is 372 g/mol. The fraction of sp³-hybridized carbons (Fsp3) is 0.263. The minimum Gasteiger partial charge on any atom is -0.494 e. The highest BCUT2D eigenvalue weighted by molar-refractivity contribution is 5.94. The van der Waals surface area contributed by atoms with Crippen LogP contribution in [0.5, 0.6) is 5.75 Å². The summed E-state index contributed by atoms with van der Waals surface area (Å²) in [6, 6.07) is 12.2. The van der Waals surface area contributed by atoms with Crippen LogP contribution >= 0.6 is 0 Å². The molecule has 2 aromatic carbocycles. The molecule has 0 spiro atoms. The second-order valence-electron chi connectivity index (χ2n) is 5.83. The van der Waals surface area contributed by atoms with Gasteiger partial charge in [-0.05, 0) is 43.2 Å². The van der Waals surface area contributed by atoms with Gasteiger partial charge in [0.1, 0.15) is 5.75 Å². The largest absolute Gasteiger partial charge is 0.494 e. The number of nitro groups is 1. The third-order valence-corrected chi connectivity index (χ3v) is 3.92. The number of rotatable bonds is 9. The first kappa shape index (κ1) is 19.9. The van der Waals surface area contributed by atoms with Gasteiger partial charge >= 0.3 is 5.97 Å². The summed E-state index contributed by atoms with van der Waals surface area (Å²) >= 11 is 0. The smallest absolute Gasteiger partial charge is 0.308 e. The Balaban J connectivity index is 1.96. The molecule has 2 rings (SSSR count). The highest BCUT2D eigenvalue weighted by atomic mass is 16.6. The molecule has 142 valence electrons. The van der Waals surface area contributed by atoms with Gasteiger partial charge in [-0.1, -0.05) is 12.1 Å². The van der Waals surface area contributed by atoms with Gasteiger partial charge in [0, 0.05) is 24.2 Å². The van der Waals surface area contributed by atoms with Gasteiger partial charge in [0.15, 0.2) is 0 Å². The molecule has 1 amide bonds. The number of ether oxygens (including phenoxy) is 1. The zero-order valence-corrected chi connectivity index (χ0v) is 14.8. The van der Waals surface area contributed by atoms with Gasteiger partial charge in [-0.25, -0.2) is 0 Å². The van der Waals surface area contributed by atoms with Gasteiger partial charge in [-0.2, -0.15) is 0 Å². The summed E-state index contributed by atoms with van der Waals surface area (Å²) in [6.07, 6.45) is 0.252. The molecule has 0 aliphatic rings. The minimum atomic E-state index is -1.02. The van der Waals surface area contributed by atoms with E-state index in [-0.39, 0.29) is 24.2 Å². The Morgan fingerprint density at radius 2 is 1.78 bits per heavy atom. The number of nitro benzene ring substituents is 1. The maximum atomic E-state index is 12.1. The first-order chi connectivity index (χ1) is 12.9. The van der Waals surface area contributed by atoms with E-state index in [0.29, 0.717) is 12.4 Å². The molecule has 2 N–H and O–H groups in total. The van der Waals surface area contributed by atoms with E-state index in [9.17, 15) is 24.8 Å². The quantitative estimate of drug-likeness (QED) is 0.516. The molecule has 0 fully saturated rings. The van der Waals surface area contributed by atoms with Crippen molar-refractivity contribution < 1.29 is 24.4 Å². The lowest BCUT2D eigenvalue weighted by Gasteiger charge is -2.14. The number of nitrogens with one attached hydrogen (secondary N) is 1. The molecular weight excluding hydrogens is 352 g/mol. The van der Waals surface area contributed by atoms with Crippen molar-refractivity contribution in [3.8, 4) is 5.75 Å². The zero-order chi connectivity index (χ0) is 19.8. The lowest BCUT2D eigenvalue weighted by Crippen LogP contribution is -2.34. The predicted octanol–water partition coefficient (Wildman–Crippen LogP) is 2.67. The molecule has 2 aromatic rings. The molecule has 0 radical (unpaired) electrons. The molecule has 0 aliphatic carbocycles. The summed E-state index contributed by atoms with van der Waals surface area (Å²) in [7, 11) is 0. The van der Waals surface area contributed by atoms with E-state index >= 15 is 0 Å². The summed E-state index contributed by atoms with van der Waals surface area (Å²) in [5.41, 5.74) is 0.923. The van der Waals surface area contributed by atoms with Crippen LogP contribution in [0.1, 0.15) is 22.8 Å². The Labute approximate surface area is 155 Å². The summed E-state index contributed by atoms with van der Waals surface area (Å²) < 4.78 is 5.35. The van der Waals surface area contributed by atoms with Gasteiger partial charge in [-0.15, -0.1) is 0 Å². The van der Waals surface area contributed by atoms with Crippen LogP contribution in [-0.2, 0) is 11.2 Å². The van der Waals surface area contributed by atoms with Crippen molar-refractivity contribution in [1.82, 2.24) is 5.32 Å². The second kappa shape index (κ2) is 9.33. The molecule has 0 heterocycles. The van der Waals surface area contributed by atoms with E-state index in [1.165, 1.54) is 24.3 Å². The Morgan fingerprint density at radius 1 is 1.15 bits per heavy atom. The average Bonchev–Trinajstić information content (AvgIpc) is 2.66. The molecule has 1 unspecified atom stereocenters. The van der Waals surface area contributed by atoms with Crippen LogP contribution in [0.25, 0.3) is 0 Å².